The summed E-state index contributed by atoms with van der Waals surface area (Å²) in [5, 5.41) is 3.98. The first-order chi connectivity index (χ1) is 8.33. The van der Waals surface area contributed by atoms with Crippen molar-refractivity contribution < 1.29 is 8.62 Å². The number of methoxy groups -OCH3 is 1. The third-order valence-corrected chi connectivity index (χ3v) is 3.16. The van der Waals surface area contributed by atoms with Gasteiger partial charge < -0.3 is 4.74 Å². The maximum Gasteiger partial charge on any atom is 0.187 e. The Bertz CT molecular complexity index is 295. The molecule has 0 fully saturated rings. The Kier molecular flexibility index (Phi) is 10.8. The zero-order chi connectivity index (χ0) is 13.1. The van der Waals surface area contributed by atoms with Gasteiger partial charge in [-0.1, -0.05) is 13.8 Å². The molecule has 100 valence electrons. The van der Waals surface area contributed by atoms with Crippen LogP contribution < -0.4 is 0 Å². The lowest BCUT2D eigenvalue weighted by molar-refractivity contribution is 0.201. The number of aryl methyl sites for hydroxylation is 1. The minimum atomic E-state index is 0.143. The smallest absolute Gasteiger partial charge is 0.187 e. The third kappa shape index (κ3) is 5.79. The second kappa shape index (κ2) is 10.9. The summed E-state index contributed by atoms with van der Waals surface area (Å²) in [6.45, 7) is 4.60. The van der Waals surface area contributed by atoms with Crippen LogP contribution in [0.4, 0.5) is 3.89 Å². The molecule has 0 aliphatic heterocycles. The van der Waals surface area contributed by atoms with Gasteiger partial charge in [0.25, 0.3) is 0 Å². The molecule has 0 N–H and O–H groups in total. The van der Waals surface area contributed by atoms with Gasteiger partial charge in [-0.25, -0.2) is 0 Å². The Labute approximate surface area is 112 Å². The van der Waals surface area contributed by atoms with Crippen molar-refractivity contribution in [3.05, 3.63) is 17.5 Å². The van der Waals surface area contributed by atoms with E-state index in [1.54, 1.807) is 25.1 Å². The Balaban J connectivity index is 0.00000121. The van der Waals surface area contributed by atoms with Crippen LogP contribution in [-0.4, -0.2) is 34.9 Å². The van der Waals surface area contributed by atoms with Crippen LogP contribution in [0.25, 0.3) is 0 Å². The van der Waals surface area contributed by atoms with Gasteiger partial charge >= 0.3 is 0 Å². The lowest BCUT2D eigenvalue weighted by Gasteiger charge is -2.04. The van der Waals surface area contributed by atoms with Gasteiger partial charge in [-0.3, -0.25) is 0 Å². The van der Waals surface area contributed by atoms with E-state index in [1.165, 1.54) is 4.09 Å². The quantitative estimate of drug-likeness (QED) is 0.765. The van der Waals surface area contributed by atoms with E-state index in [-0.39, 0.29) is 12.3 Å². The summed E-state index contributed by atoms with van der Waals surface area (Å²) in [6.07, 6.45) is 5.44. The zero-order valence-corrected chi connectivity index (χ0v) is 12.5. The predicted octanol–water partition coefficient (Wildman–Crippen LogP) is 3.38. The van der Waals surface area contributed by atoms with Crippen LogP contribution in [0.3, 0.4) is 0 Å². The summed E-state index contributed by atoms with van der Waals surface area (Å²) in [5.74, 6) is 1.03. The number of hydrogen-bond acceptors (Lipinski definition) is 4. The zero-order valence-electron chi connectivity index (χ0n) is 10.9. The van der Waals surface area contributed by atoms with E-state index in [0.717, 1.165) is 23.4 Å². The molecule has 0 atom stereocenters. The highest BCUT2D eigenvalue weighted by Crippen LogP contribution is 2.18. The van der Waals surface area contributed by atoms with Crippen molar-refractivity contribution in [2.75, 3.05) is 25.7 Å². The molecule has 0 radical (unpaired) electrons. The van der Waals surface area contributed by atoms with Crippen molar-refractivity contribution in [2.24, 2.45) is 0 Å². The molecule has 0 bridgehead atoms. The second-order valence-corrected chi connectivity index (χ2v) is 4.51. The first kappa shape index (κ1) is 16.8. The fourth-order valence-corrected chi connectivity index (χ4v) is 2.12. The van der Waals surface area contributed by atoms with Crippen LogP contribution in [0.1, 0.15) is 25.1 Å². The first-order valence-corrected chi connectivity index (χ1v) is 7.73. The summed E-state index contributed by atoms with van der Waals surface area (Å²) in [6, 6.07) is 0. The number of aromatic nitrogens is 2. The summed E-state index contributed by atoms with van der Waals surface area (Å²) >= 11 is 1.92. The predicted molar refractivity (Wildman–Crippen MR) is 75.3 cm³/mol. The summed E-state index contributed by atoms with van der Waals surface area (Å²) in [4.78, 5) is 0. The van der Waals surface area contributed by atoms with Gasteiger partial charge in [0.15, 0.2) is 12.3 Å². The van der Waals surface area contributed by atoms with Crippen molar-refractivity contribution >= 4 is 24.1 Å². The van der Waals surface area contributed by atoms with Gasteiger partial charge in [-0.15, -0.1) is 3.89 Å². The van der Waals surface area contributed by atoms with Crippen LogP contribution in [0.15, 0.2) is 6.20 Å². The number of thioether (sulfide) groups is 1. The third-order valence-electron chi connectivity index (χ3n) is 2.10. The second-order valence-electron chi connectivity index (χ2n) is 3.04. The lowest BCUT2D eigenvalue weighted by atomic mass is 10.1. The van der Waals surface area contributed by atoms with E-state index in [9.17, 15) is 3.89 Å². The molecule has 1 heterocycles. The van der Waals surface area contributed by atoms with Crippen LogP contribution in [-0.2, 0) is 17.6 Å². The molecule has 0 aliphatic carbocycles. The van der Waals surface area contributed by atoms with Crippen molar-refractivity contribution in [1.82, 2.24) is 9.19 Å². The highest BCUT2D eigenvalue weighted by Gasteiger charge is 2.10. The minimum Gasteiger partial charge on any atom is -0.384 e. The molecule has 0 aliphatic rings. The Hall–Kier alpha value is -0.200. The molecule has 17 heavy (non-hydrogen) atoms. The lowest BCUT2D eigenvalue weighted by Crippen LogP contribution is -2.03. The topological polar surface area (TPSA) is 27.1 Å². The van der Waals surface area contributed by atoms with Gasteiger partial charge in [0.1, 0.15) is 0 Å². The molecule has 0 aromatic carbocycles. The molecule has 1 aromatic heterocycles. The van der Waals surface area contributed by atoms with Crippen LogP contribution >= 0.6 is 24.1 Å². The average Bonchev–Trinajstić information content (AvgIpc) is 2.78. The fourth-order valence-electron chi connectivity index (χ4n) is 1.32. The Morgan fingerprint density at radius 1 is 1.41 bits per heavy atom. The molecule has 0 amide bonds. The normalized spacial score (nSPS) is 9.94. The molecule has 0 spiro atoms. The van der Waals surface area contributed by atoms with Gasteiger partial charge in [-0.05, 0) is 24.0 Å². The van der Waals surface area contributed by atoms with Gasteiger partial charge in [0, 0.05) is 13.5 Å². The molecular weight excluding hydrogens is 259 g/mol. The molecule has 1 rings (SSSR count). The monoisotopic (exact) mass is 280 g/mol. The van der Waals surface area contributed by atoms with Crippen LogP contribution in [0.2, 0.25) is 0 Å². The number of halogens is 1. The number of hydrogen-bond donors (Lipinski definition) is 0. The molecule has 3 nitrogen and oxygen atoms in total. The molecular formula is C11H21FN2OS2. The van der Waals surface area contributed by atoms with Gasteiger partial charge in [0.05, 0.1) is 18.5 Å². The Morgan fingerprint density at radius 3 is 2.65 bits per heavy atom. The summed E-state index contributed by atoms with van der Waals surface area (Å²) in [7, 11) is 1.64. The fraction of sp³-hybridized carbons (Fsp3) is 0.727. The van der Waals surface area contributed by atoms with E-state index in [2.05, 4.69) is 11.4 Å². The van der Waals surface area contributed by atoms with Crippen molar-refractivity contribution in [1.29, 1.82) is 0 Å². The van der Waals surface area contributed by atoms with Gasteiger partial charge in [0.2, 0.25) is 0 Å². The molecule has 0 unspecified atom stereocenters. The highest BCUT2D eigenvalue weighted by atomic mass is 32.2. The average molecular weight is 280 g/mol. The maximum atomic E-state index is 12.5. The largest absolute Gasteiger partial charge is 0.384 e. The Morgan fingerprint density at radius 2 is 2.12 bits per heavy atom. The van der Waals surface area contributed by atoms with Crippen molar-refractivity contribution in [3.63, 3.8) is 0 Å². The van der Waals surface area contributed by atoms with E-state index < -0.39 is 0 Å². The van der Waals surface area contributed by atoms with E-state index >= 15 is 0 Å². The SMILES string of the molecule is CC.COCCc1c(CCSC)cnn1SF. The van der Waals surface area contributed by atoms with E-state index in [0.29, 0.717) is 13.0 Å². The first-order valence-electron chi connectivity index (χ1n) is 5.66. The van der Waals surface area contributed by atoms with E-state index in [4.69, 9.17) is 4.74 Å². The molecule has 0 saturated carbocycles. The summed E-state index contributed by atoms with van der Waals surface area (Å²) < 4.78 is 18.8. The maximum absolute atomic E-state index is 12.5. The number of nitrogens with zero attached hydrogens (tertiary/aromatic N) is 2. The van der Waals surface area contributed by atoms with Gasteiger partial charge in [-0.2, -0.15) is 20.9 Å². The highest BCUT2D eigenvalue weighted by molar-refractivity contribution is 7.98. The van der Waals surface area contributed by atoms with Crippen LogP contribution in [0.5, 0.6) is 0 Å². The summed E-state index contributed by atoms with van der Waals surface area (Å²) in [5.41, 5.74) is 2.05. The van der Waals surface area contributed by atoms with E-state index in [1.807, 2.05) is 13.8 Å². The van der Waals surface area contributed by atoms with Crippen LogP contribution in [0, 0.1) is 0 Å². The number of ether oxygens (including phenoxy) is 1. The minimum absolute atomic E-state index is 0.143. The molecule has 6 heteroatoms. The molecule has 1 aromatic rings. The number of rotatable bonds is 7. The van der Waals surface area contributed by atoms with Crippen molar-refractivity contribution in [3.8, 4) is 0 Å². The van der Waals surface area contributed by atoms with Crippen molar-refractivity contribution in [2.45, 2.75) is 26.7 Å². The molecule has 0 saturated heterocycles. The standard InChI is InChI=1S/C9H15FN2OS2.C2H6/c1-13-5-3-9-8(4-6-14-2)7-11-12(9)15-10;1-2/h7H,3-6H2,1-2H3;1-2H3.